The van der Waals surface area contributed by atoms with Crippen LogP contribution in [-0.4, -0.2) is 12.2 Å². The number of rotatable bonds is 3. The van der Waals surface area contributed by atoms with Crippen molar-refractivity contribution in [3.05, 3.63) is 21.9 Å². The molecule has 0 aliphatic heterocycles. The molecule has 0 aliphatic carbocycles. The standard InChI is InChI=1S/C8H9BrFNO3/c1-13-8-5(9)2-4(3-14-11)7(12)6(8)10/h2,12H,3,11H2,1H3. The summed E-state index contributed by atoms with van der Waals surface area (Å²) in [6.07, 6.45) is 0. The lowest BCUT2D eigenvalue weighted by molar-refractivity contribution is 0.121. The fourth-order valence-corrected chi connectivity index (χ4v) is 1.64. The molecule has 0 heterocycles. The minimum atomic E-state index is -0.839. The van der Waals surface area contributed by atoms with Gasteiger partial charge in [-0.05, 0) is 22.0 Å². The normalized spacial score (nSPS) is 10.3. The van der Waals surface area contributed by atoms with Crippen LogP contribution in [0.2, 0.25) is 0 Å². The maximum atomic E-state index is 13.3. The van der Waals surface area contributed by atoms with Crippen molar-refractivity contribution < 1.29 is 19.1 Å². The number of phenolic OH excluding ortho intramolecular Hbond substituents is 1. The molecule has 4 nitrogen and oxygen atoms in total. The van der Waals surface area contributed by atoms with E-state index in [2.05, 4.69) is 20.8 Å². The van der Waals surface area contributed by atoms with Gasteiger partial charge in [0.05, 0.1) is 18.2 Å². The van der Waals surface area contributed by atoms with E-state index in [1.165, 1.54) is 13.2 Å². The molecule has 0 atom stereocenters. The van der Waals surface area contributed by atoms with Crippen molar-refractivity contribution in [2.45, 2.75) is 6.61 Å². The van der Waals surface area contributed by atoms with Crippen molar-refractivity contribution in [3.63, 3.8) is 0 Å². The Labute approximate surface area is 88.5 Å². The second-order valence-electron chi connectivity index (χ2n) is 2.52. The zero-order valence-corrected chi connectivity index (χ0v) is 8.97. The quantitative estimate of drug-likeness (QED) is 0.817. The molecule has 78 valence electrons. The molecule has 0 radical (unpaired) electrons. The molecule has 0 bridgehead atoms. The summed E-state index contributed by atoms with van der Waals surface area (Å²) < 4.78 is 18.5. The third kappa shape index (κ3) is 1.97. The maximum absolute atomic E-state index is 13.3. The van der Waals surface area contributed by atoms with E-state index in [9.17, 15) is 9.50 Å². The lowest BCUT2D eigenvalue weighted by atomic mass is 10.2. The molecule has 0 saturated heterocycles. The maximum Gasteiger partial charge on any atom is 0.208 e. The lowest BCUT2D eigenvalue weighted by Crippen LogP contribution is -2.01. The molecular formula is C8H9BrFNO3. The van der Waals surface area contributed by atoms with E-state index < -0.39 is 11.6 Å². The lowest BCUT2D eigenvalue weighted by Gasteiger charge is -2.09. The minimum Gasteiger partial charge on any atom is -0.504 e. The van der Waals surface area contributed by atoms with Crippen molar-refractivity contribution >= 4 is 15.9 Å². The summed E-state index contributed by atoms with van der Waals surface area (Å²) in [4.78, 5) is 4.30. The molecule has 0 aromatic heterocycles. The van der Waals surface area contributed by atoms with Crippen molar-refractivity contribution in [2.24, 2.45) is 5.90 Å². The number of halogens is 2. The Morgan fingerprint density at radius 3 is 2.79 bits per heavy atom. The van der Waals surface area contributed by atoms with Gasteiger partial charge in [-0.25, -0.2) is 5.90 Å². The molecule has 0 saturated carbocycles. The first-order valence-electron chi connectivity index (χ1n) is 3.67. The average Bonchev–Trinajstić information content (AvgIpc) is 2.15. The molecule has 3 N–H and O–H groups in total. The number of aromatic hydroxyl groups is 1. The number of benzene rings is 1. The highest BCUT2D eigenvalue weighted by Crippen LogP contribution is 2.36. The third-order valence-corrected chi connectivity index (χ3v) is 2.26. The molecule has 0 aliphatic rings. The van der Waals surface area contributed by atoms with Gasteiger partial charge in [-0.3, -0.25) is 4.84 Å². The van der Waals surface area contributed by atoms with Gasteiger partial charge in [0.2, 0.25) is 5.82 Å². The van der Waals surface area contributed by atoms with E-state index in [-0.39, 0.29) is 17.9 Å². The van der Waals surface area contributed by atoms with Crippen molar-refractivity contribution in [3.8, 4) is 11.5 Å². The molecule has 1 aromatic carbocycles. The predicted molar refractivity (Wildman–Crippen MR) is 51.3 cm³/mol. The van der Waals surface area contributed by atoms with Crippen molar-refractivity contribution in [2.75, 3.05) is 7.11 Å². The molecule has 1 rings (SSSR count). The molecule has 0 amide bonds. The topological polar surface area (TPSA) is 64.7 Å². The van der Waals surface area contributed by atoms with Crippen molar-refractivity contribution in [1.82, 2.24) is 0 Å². The van der Waals surface area contributed by atoms with E-state index in [0.717, 1.165) is 0 Å². The van der Waals surface area contributed by atoms with Gasteiger partial charge in [0.1, 0.15) is 0 Å². The summed E-state index contributed by atoms with van der Waals surface area (Å²) in [6.45, 7) is -0.0780. The number of hydrogen-bond acceptors (Lipinski definition) is 4. The number of phenols is 1. The van der Waals surface area contributed by atoms with Gasteiger partial charge in [-0.15, -0.1) is 0 Å². The first-order valence-corrected chi connectivity index (χ1v) is 4.46. The van der Waals surface area contributed by atoms with E-state index in [4.69, 9.17) is 10.6 Å². The summed E-state index contributed by atoms with van der Waals surface area (Å²) >= 11 is 3.09. The number of ether oxygens (including phenoxy) is 1. The predicted octanol–water partition coefficient (Wildman–Crippen LogP) is 1.69. The van der Waals surface area contributed by atoms with Gasteiger partial charge >= 0.3 is 0 Å². The molecule has 0 unspecified atom stereocenters. The number of nitrogens with two attached hydrogens (primary N) is 1. The fourth-order valence-electron chi connectivity index (χ4n) is 1.03. The third-order valence-electron chi connectivity index (χ3n) is 1.67. The van der Waals surface area contributed by atoms with E-state index in [0.29, 0.717) is 4.47 Å². The van der Waals surface area contributed by atoms with Crippen LogP contribution in [0, 0.1) is 5.82 Å². The Balaban J connectivity index is 3.25. The SMILES string of the molecule is COc1c(Br)cc(CON)c(O)c1F. The van der Waals surface area contributed by atoms with Crippen LogP contribution in [0.15, 0.2) is 10.5 Å². The molecule has 14 heavy (non-hydrogen) atoms. The van der Waals surface area contributed by atoms with Crippen molar-refractivity contribution in [1.29, 1.82) is 0 Å². The second kappa shape index (κ2) is 4.59. The summed E-state index contributed by atoms with van der Waals surface area (Å²) in [7, 11) is 1.31. The Hall–Kier alpha value is -0.850. The molecular weight excluding hydrogens is 257 g/mol. The smallest absolute Gasteiger partial charge is 0.208 e. The number of methoxy groups -OCH3 is 1. The summed E-state index contributed by atoms with van der Waals surface area (Å²) in [5.41, 5.74) is 0.248. The summed E-state index contributed by atoms with van der Waals surface area (Å²) in [6, 6.07) is 1.48. The Kier molecular flexibility index (Phi) is 3.68. The van der Waals surface area contributed by atoms with Gasteiger partial charge in [0.25, 0.3) is 0 Å². The van der Waals surface area contributed by atoms with Crippen LogP contribution in [-0.2, 0) is 11.4 Å². The number of hydrogen-bond donors (Lipinski definition) is 2. The molecule has 6 heteroatoms. The zero-order chi connectivity index (χ0) is 10.7. The van der Waals surface area contributed by atoms with Crippen LogP contribution in [0.1, 0.15) is 5.56 Å². The van der Waals surface area contributed by atoms with E-state index in [1.807, 2.05) is 0 Å². The average molecular weight is 266 g/mol. The van der Waals surface area contributed by atoms with Crippen LogP contribution in [0.4, 0.5) is 4.39 Å². The van der Waals surface area contributed by atoms with Crippen LogP contribution in [0.3, 0.4) is 0 Å². The highest BCUT2D eigenvalue weighted by molar-refractivity contribution is 9.10. The Bertz CT molecular complexity index is 346. The first-order chi connectivity index (χ1) is 6.61. The Morgan fingerprint density at radius 2 is 2.29 bits per heavy atom. The fraction of sp³-hybridized carbons (Fsp3) is 0.250. The van der Waals surface area contributed by atoms with E-state index >= 15 is 0 Å². The molecule has 1 aromatic rings. The highest BCUT2D eigenvalue weighted by Gasteiger charge is 2.16. The first kappa shape index (κ1) is 11.2. The summed E-state index contributed by atoms with van der Waals surface area (Å²) in [5, 5.41) is 9.35. The van der Waals surface area contributed by atoms with Crippen LogP contribution in [0.25, 0.3) is 0 Å². The Morgan fingerprint density at radius 1 is 1.64 bits per heavy atom. The second-order valence-corrected chi connectivity index (χ2v) is 3.38. The van der Waals surface area contributed by atoms with Crippen LogP contribution in [0.5, 0.6) is 11.5 Å². The van der Waals surface area contributed by atoms with Crippen LogP contribution >= 0.6 is 15.9 Å². The van der Waals surface area contributed by atoms with Gasteiger partial charge in [0.15, 0.2) is 11.5 Å². The monoisotopic (exact) mass is 265 g/mol. The highest BCUT2D eigenvalue weighted by atomic mass is 79.9. The molecule has 0 spiro atoms. The largest absolute Gasteiger partial charge is 0.504 e. The minimum absolute atomic E-state index is 0.0525. The van der Waals surface area contributed by atoms with E-state index in [1.54, 1.807) is 0 Å². The summed E-state index contributed by atoms with van der Waals surface area (Å²) in [5.74, 6) is 3.41. The molecule has 0 fully saturated rings. The van der Waals surface area contributed by atoms with Gasteiger partial charge in [-0.2, -0.15) is 4.39 Å². The zero-order valence-electron chi connectivity index (χ0n) is 7.38. The van der Waals surface area contributed by atoms with Gasteiger partial charge < -0.3 is 9.84 Å². The van der Waals surface area contributed by atoms with Crippen LogP contribution < -0.4 is 10.6 Å². The van der Waals surface area contributed by atoms with Gasteiger partial charge in [-0.1, -0.05) is 0 Å². The van der Waals surface area contributed by atoms with Gasteiger partial charge in [0, 0.05) is 5.56 Å².